The van der Waals surface area contributed by atoms with Gasteiger partial charge < -0.3 is 18.6 Å². The second kappa shape index (κ2) is 7.87. The maximum atomic E-state index is 13.0. The van der Waals surface area contributed by atoms with E-state index in [1.54, 1.807) is 13.0 Å². The maximum Gasteiger partial charge on any atom is 0.349 e. The minimum absolute atomic E-state index is 0.0475. The SMILES string of the molecule is CCN(Cc1noc(C2CCC2)n1)C(=O)c1c(C)cc(C2CCCO2)oc1=O. The van der Waals surface area contributed by atoms with Crippen LogP contribution >= 0.6 is 0 Å². The zero-order valence-corrected chi connectivity index (χ0v) is 16.3. The van der Waals surface area contributed by atoms with Crippen LogP contribution in [0, 0.1) is 6.92 Å². The van der Waals surface area contributed by atoms with Gasteiger partial charge >= 0.3 is 5.63 Å². The Bertz CT molecular complexity index is 909. The Balaban J connectivity index is 1.53. The number of rotatable bonds is 6. The summed E-state index contributed by atoms with van der Waals surface area (Å²) in [5, 5.41) is 4.00. The van der Waals surface area contributed by atoms with Crippen LogP contribution in [-0.2, 0) is 11.3 Å². The minimum Gasteiger partial charge on any atom is -0.424 e. The van der Waals surface area contributed by atoms with Gasteiger partial charge in [-0.05, 0) is 51.2 Å². The van der Waals surface area contributed by atoms with Crippen LogP contribution < -0.4 is 5.63 Å². The zero-order chi connectivity index (χ0) is 19.7. The third-order valence-electron chi connectivity index (χ3n) is 5.57. The molecule has 1 atom stereocenters. The Morgan fingerprint density at radius 1 is 1.29 bits per heavy atom. The van der Waals surface area contributed by atoms with E-state index >= 15 is 0 Å². The molecule has 1 saturated carbocycles. The molecule has 150 valence electrons. The predicted octanol–water partition coefficient (Wildman–Crippen LogP) is 3.11. The summed E-state index contributed by atoms with van der Waals surface area (Å²) >= 11 is 0. The summed E-state index contributed by atoms with van der Waals surface area (Å²) in [6.45, 7) is 4.86. The number of hydrogen-bond acceptors (Lipinski definition) is 7. The number of carbonyl (C=O) groups excluding carboxylic acids is 1. The highest BCUT2D eigenvalue weighted by atomic mass is 16.5. The summed E-state index contributed by atoms with van der Waals surface area (Å²) in [5.74, 6) is 1.54. The van der Waals surface area contributed by atoms with E-state index in [1.807, 2.05) is 6.92 Å². The van der Waals surface area contributed by atoms with Gasteiger partial charge in [0, 0.05) is 19.1 Å². The van der Waals surface area contributed by atoms with E-state index in [0.717, 1.165) is 25.7 Å². The van der Waals surface area contributed by atoms with Gasteiger partial charge in [0.1, 0.15) is 17.4 Å². The predicted molar refractivity (Wildman–Crippen MR) is 98.9 cm³/mol. The summed E-state index contributed by atoms with van der Waals surface area (Å²) in [7, 11) is 0. The zero-order valence-electron chi connectivity index (χ0n) is 16.3. The maximum absolute atomic E-state index is 13.0. The van der Waals surface area contributed by atoms with Crippen molar-refractivity contribution in [3.8, 4) is 0 Å². The molecule has 0 N–H and O–H groups in total. The molecular weight excluding hydrogens is 362 g/mol. The van der Waals surface area contributed by atoms with Crippen LogP contribution in [0.5, 0.6) is 0 Å². The lowest BCUT2D eigenvalue weighted by Gasteiger charge is -2.21. The van der Waals surface area contributed by atoms with Gasteiger partial charge in [-0.1, -0.05) is 11.6 Å². The molecule has 1 aliphatic heterocycles. The van der Waals surface area contributed by atoms with Crippen LogP contribution in [0.25, 0.3) is 0 Å². The second-order valence-corrected chi connectivity index (χ2v) is 7.49. The molecule has 1 amide bonds. The molecule has 3 heterocycles. The van der Waals surface area contributed by atoms with Gasteiger partial charge in [0.05, 0.1) is 6.54 Å². The van der Waals surface area contributed by atoms with Gasteiger partial charge in [-0.2, -0.15) is 4.98 Å². The van der Waals surface area contributed by atoms with Crippen LogP contribution in [0.3, 0.4) is 0 Å². The Morgan fingerprint density at radius 2 is 2.11 bits per heavy atom. The molecule has 28 heavy (non-hydrogen) atoms. The number of aromatic nitrogens is 2. The van der Waals surface area contributed by atoms with Gasteiger partial charge in [-0.3, -0.25) is 4.79 Å². The largest absolute Gasteiger partial charge is 0.424 e. The molecule has 2 aromatic heterocycles. The monoisotopic (exact) mass is 387 g/mol. The fraction of sp³-hybridized carbons (Fsp3) is 0.600. The van der Waals surface area contributed by atoms with E-state index in [4.69, 9.17) is 13.7 Å². The molecule has 4 rings (SSSR count). The Morgan fingerprint density at radius 3 is 2.71 bits per heavy atom. The molecule has 8 nitrogen and oxygen atoms in total. The number of carbonyl (C=O) groups is 1. The van der Waals surface area contributed by atoms with E-state index in [2.05, 4.69) is 10.1 Å². The molecule has 0 aromatic carbocycles. The van der Waals surface area contributed by atoms with Crippen molar-refractivity contribution in [2.24, 2.45) is 0 Å². The van der Waals surface area contributed by atoms with E-state index in [1.165, 1.54) is 11.3 Å². The van der Waals surface area contributed by atoms with Crippen LogP contribution in [-0.4, -0.2) is 34.1 Å². The molecule has 1 unspecified atom stereocenters. The fourth-order valence-electron chi connectivity index (χ4n) is 3.66. The van der Waals surface area contributed by atoms with Crippen LogP contribution in [0.4, 0.5) is 0 Å². The molecule has 1 saturated heterocycles. The van der Waals surface area contributed by atoms with Crippen molar-refractivity contribution < 1.29 is 18.5 Å². The number of amides is 1. The number of hydrogen-bond donors (Lipinski definition) is 0. The Kier molecular flexibility index (Phi) is 5.30. The lowest BCUT2D eigenvalue weighted by molar-refractivity contribution is 0.0732. The van der Waals surface area contributed by atoms with E-state index in [0.29, 0.717) is 42.1 Å². The van der Waals surface area contributed by atoms with Gasteiger partial charge in [0.25, 0.3) is 5.91 Å². The van der Waals surface area contributed by atoms with Crippen molar-refractivity contribution in [2.45, 2.75) is 64.5 Å². The summed E-state index contributed by atoms with van der Waals surface area (Å²) in [4.78, 5) is 31.5. The van der Waals surface area contributed by atoms with Crippen molar-refractivity contribution in [2.75, 3.05) is 13.2 Å². The first-order chi connectivity index (χ1) is 13.6. The van der Waals surface area contributed by atoms with Crippen LogP contribution in [0.1, 0.15) is 84.4 Å². The molecule has 2 aromatic rings. The van der Waals surface area contributed by atoms with E-state index in [-0.39, 0.29) is 24.1 Å². The number of ether oxygens (including phenoxy) is 1. The Hall–Kier alpha value is -2.48. The molecule has 2 aliphatic rings. The molecule has 0 spiro atoms. The summed E-state index contributed by atoms with van der Waals surface area (Å²) in [6, 6.07) is 1.74. The minimum atomic E-state index is -0.628. The first-order valence-corrected chi connectivity index (χ1v) is 9.94. The van der Waals surface area contributed by atoms with Crippen LogP contribution in [0.2, 0.25) is 0 Å². The number of nitrogens with zero attached hydrogens (tertiary/aromatic N) is 3. The highest BCUT2D eigenvalue weighted by molar-refractivity contribution is 5.95. The quantitative estimate of drug-likeness (QED) is 0.751. The summed E-state index contributed by atoms with van der Waals surface area (Å²) in [5.41, 5.74) is 0.0111. The van der Waals surface area contributed by atoms with Crippen molar-refractivity contribution in [1.82, 2.24) is 15.0 Å². The highest BCUT2D eigenvalue weighted by Crippen LogP contribution is 2.35. The summed E-state index contributed by atoms with van der Waals surface area (Å²) in [6.07, 6.45) is 4.86. The second-order valence-electron chi connectivity index (χ2n) is 7.49. The molecular formula is C20H25N3O5. The lowest BCUT2D eigenvalue weighted by atomic mass is 9.85. The molecule has 1 aliphatic carbocycles. The van der Waals surface area contributed by atoms with Crippen LogP contribution in [0.15, 0.2) is 19.8 Å². The average molecular weight is 387 g/mol. The van der Waals surface area contributed by atoms with Crippen molar-refractivity contribution in [3.63, 3.8) is 0 Å². The van der Waals surface area contributed by atoms with E-state index < -0.39 is 5.63 Å². The van der Waals surface area contributed by atoms with Crippen molar-refractivity contribution >= 4 is 5.91 Å². The average Bonchev–Trinajstić information content (AvgIpc) is 3.29. The van der Waals surface area contributed by atoms with Gasteiger partial charge in [0.2, 0.25) is 5.89 Å². The normalized spacial score (nSPS) is 19.6. The molecule has 0 bridgehead atoms. The third kappa shape index (κ3) is 3.61. The molecule has 8 heteroatoms. The third-order valence-corrected chi connectivity index (χ3v) is 5.57. The lowest BCUT2D eigenvalue weighted by Crippen LogP contribution is -2.34. The Labute approximate surface area is 162 Å². The molecule has 0 radical (unpaired) electrons. The van der Waals surface area contributed by atoms with Gasteiger partial charge in [-0.25, -0.2) is 4.79 Å². The first-order valence-electron chi connectivity index (χ1n) is 9.94. The van der Waals surface area contributed by atoms with Crippen molar-refractivity contribution in [1.29, 1.82) is 0 Å². The standard InChI is InChI=1S/C20H25N3O5/c1-3-23(11-16-21-18(28-22-16)13-6-4-7-13)19(24)17-12(2)10-15(27-20(17)25)14-8-5-9-26-14/h10,13-14H,3-9,11H2,1-2H3. The molecule has 2 fully saturated rings. The topological polar surface area (TPSA) is 98.7 Å². The smallest absolute Gasteiger partial charge is 0.349 e. The first kappa shape index (κ1) is 18.9. The number of aryl methyl sites for hydroxylation is 1. The van der Waals surface area contributed by atoms with E-state index in [9.17, 15) is 9.59 Å². The van der Waals surface area contributed by atoms with Gasteiger partial charge in [-0.15, -0.1) is 0 Å². The van der Waals surface area contributed by atoms with Crippen molar-refractivity contribution in [3.05, 3.63) is 45.1 Å². The highest BCUT2D eigenvalue weighted by Gasteiger charge is 2.28. The summed E-state index contributed by atoms with van der Waals surface area (Å²) < 4.78 is 16.3. The fourth-order valence-corrected chi connectivity index (χ4v) is 3.66. The van der Waals surface area contributed by atoms with Gasteiger partial charge in [0.15, 0.2) is 5.82 Å².